The highest BCUT2D eigenvalue weighted by atomic mass is 16.5. The van der Waals surface area contributed by atoms with Gasteiger partial charge in [-0.05, 0) is 56.4 Å². The zero-order valence-electron chi connectivity index (χ0n) is 16.7. The number of carbonyl (C=O) groups is 1. The van der Waals surface area contributed by atoms with E-state index in [1.165, 1.54) is 6.42 Å². The van der Waals surface area contributed by atoms with E-state index in [4.69, 9.17) is 4.74 Å². The van der Waals surface area contributed by atoms with Crippen LogP contribution in [0, 0.1) is 0 Å². The van der Waals surface area contributed by atoms with Gasteiger partial charge in [0.2, 0.25) is 0 Å². The highest BCUT2D eigenvalue weighted by molar-refractivity contribution is 5.94. The van der Waals surface area contributed by atoms with Crippen LogP contribution < -0.4 is 4.74 Å². The smallest absolute Gasteiger partial charge is 0.253 e. The van der Waals surface area contributed by atoms with Gasteiger partial charge in [0.1, 0.15) is 17.7 Å². The molecule has 0 saturated carbocycles. The molecule has 2 fully saturated rings. The number of imidazole rings is 1. The molecule has 2 aromatic rings. The normalized spacial score (nSPS) is 19.0. The highest BCUT2D eigenvalue weighted by Crippen LogP contribution is 2.21. The number of hydrogen-bond acceptors (Lipinski definition) is 4. The summed E-state index contributed by atoms with van der Waals surface area (Å²) in [6, 6.07) is 7.69. The first-order chi connectivity index (χ1) is 13.7. The topological polar surface area (TPSA) is 50.6 Å². The number of carbonyl (C=O) groups excluding carboxylic acids is 1. The lowest BCUT2D eigenvalue weighted by Crippen LogP contribution is -2.38. The largest absolute Gasteiger partial charge is 0.490 e. The molecule has 2 saturated heterocycles. The van der Waals surface area contributed by atoms with Crippen LogP contribution in [0.3, 0.4) is 0 Å². The number of nitrogens with zero attached hydrogens (tertiary/aromatic N) is 4. The van der Waals surface area contributed by atoms with Crippen molar-refractivity contribution in [3.63, 3.8) is 0 Å². The van der Waals surface area contributed by atoms with Gasteiger partial charge in [-0.15, -0.1) is 0 Å². The minimum atomic E-state index is 0.147. The molecular weight excluding hydrogens is 352 g/mol. The molecule has 4 rings (SSSR count). The molecule has 1 aromatic heterocycles. The van der Waals surface area contributed by atoms with Crippen LogP contribution in [0.15, 0.2) is 36.7 Å². The van der Waals surface area contributed by atoms with E-state index in [2.05, 4.69) is 14.5 Å². The standard InChI is InChI=1S/C22H30N4O2/c1-24-16-11-23-21(24)17-25-14-9-20(10-15-25)28-19-7-5-18(6-8-19)22(27)26-12-3-2-4-13-26/h5-8,11,16,20H,2-4,9-10,12-15,17H2,1H3. The molecule has 6 nitrogen and oxygen atoms in total. The van der Waals surface area contributed by atoms with Crippen LogP contribution in [0.4, 0.5) is 0 Å². The molecule has 2 aliphatic heterocycles. The van der Waals surface area contributed by atoms with E-state index in [9.17, 15) is 4.79 Å². The molecule has 0 unspecified atom stereocenters. The number of likely N-dealkylation sites (tertiary alicyclic amines) is 2. The van der Waals surface area contributed by atoms with Gasteiger partial charge >= 0.3 is 0 Å². The molecule has 28 heavy (non-hydrogen) atoms. The summed E-state index contributed by atoms with van der Waals surface area (Å²) < 4.78 is 8.25. The quantitative estimate of drug-likeness (QED) is 0.797. The van der Waals surface area contributed by atoms with Gasteiger partial charge in [0.25, 0.3) is 5.91 Å². The number of ether oxygens (including phenoxy) is 1. The van der Waals surface area contributed by atoms with Crippen molar-refractivity contribution in [2.45, 2.75) is 44.8 Å². The predicted molar refractivity (Wildman–Crippen MR) is 108 cm³/mol. The van der Waals surface area contributed by atoms with Crippen LogP contribution in [-0.4, -0.2) is 57.5 Å². The molecule has 0 aliphatic carbocycles. The summed E-state index contributed by atoms with van der Waals surface area (Å²) in [6.45, 7) is 4.69. The van der Waals surface area contributed by atoms with Crippen LogP contribution in [0.5, 0.6) is 5.75 Å². The number of amides is 1. The van der Waals surface area contributed by atoms with Gasteiger partial charge in [-0.2, -0.15) is 0 Å². The molecule has 0 radical (unpaired) electrons. The van der Waals surface area contributed by atoms with Crippen LogP contribution in [0.2, 0.25) is 0 Å². The lowest BCUT2D eigenvalue weighted by atomic mass is 10.1. The van der Waals surface area contributed by atoms with E-state index in [-0.39, 0.29) is 12.0 Å². The first-order valence-corrected chi connectivity index (χ1v) is 10.4. The molecule has 3 heterocycles. The fourth-order valence-electron chi connectivity index (χ4n) is 4.08. The Labute approximate surface area is 167 Å². The molecule has 0 atom stereocenters. The van der Waals surface area contributed by atoms with E-state index >= 15 is 0 Å². The minimum Gasteiger partial charge on any atom is -0.490 e. The SMILES string of the molecule is Cn1ccnc1CN1CCC(Oc2ccc(C(=O)N3CCCCC3)cc2)CC1. The minimum absolute atomic E-state index is 0.147. The Hall–Kier alpha value is -2.34. The van der Waals surface area contributed by atoms with Gasteiger partial charge < -0.3 is 14.2 Å². The molecule has 1 aromatic carbocycles. The first kappa shape index (κ1) is 19.0. The van der Waals surface area contributed by atoms with E-state index in [0.717, 1.165) is 75.5 Å². The molecule has 0 N–H and O–H groups in total. The summed E-state index contributed by atoms with van der Waals surface area (Å²) in [6.07, 6.45) is 9.57. The summed E-state index contributed by atoms with van der Waals surface area (Å²) in [4.78, 5) is 21.4. The van der Waals surface area contributed by atoms with Crippen molar-refractivity contribution in [2.75, 3.05) is 26.2 Å². The van der Waals surface area contributed by atoms with E-state index in [0.29, 0.717) is 0 Å². The third kappa shape index (κ3) is 4.55. The van der Waals surface area contributed by atoms with Crippen molar-refractivity contribution < 1.29 is 9.53 Å². The Morgan fingerprint density at radius 3 is 2.43 bits per heavy atom. The van der Waals surface area contributed by atoms with E-state index in [1.54, 1.807) is 0 Å². The third-order valence-electron chi connectivity index (χ3n) is 5.87. The molecule has 2 aliphatic rings. The summed E-state index contributed by atoms with van der Waals surface area (Å²) >= 11 is 0. The van der Waals surface area contributed by atoms with Crippen molar-refractivity contribution in [1.29, 1.82) is 0 Å². The summed E-state index contributed by atoms with van der Waals surface area (Å²) in [5.41, 5.74) is 0.763. The second-order valence-corrected chi connectivity index (χ2v) is 7.92. The lowest BCUT2D eigenvalue weighted by Gasteiger charge is -2.32. The van der Waals surface area contributed by atoms with Crippen LogP contribution in [0.25, 0.3) is 0 Å². The summed E-state index contributed by atoms with van der Waals surface area (Å²) in [5.74, 6) is 2.11. The molecule has 6 heteroatoms. The molecule has 0 spiro atoms. The van der Waals surface area contributed by atoms with Crippen molar-refractivity contribution in [3.05, 3.63) is 48.0 Å². The van der Waals surface area contributed by atoms with Crippen molar-refractivity contribution in [1.82, 2.24) is 19.4 Å². The van der Waals surface area contributed by atoms with Gasteiger partial charge in [-0.1, -0.05) is 0 Å². The summed E-state index contributed by atoms with van der Waals surface area (Å²) in [7, 11) is 2.04. The number of piperidine rings is 2. The number of rotatable bonds is 5. The lowest BCUT2D eigenvalue weighted by molar-refractivity contribution is 0.0724. The Balaban J connectivity index is 1.26. The predicted octanol–water partition coefficient (Wildman–Crippen LogP) is 3.09. The van der Waals surface area contributed by atoms with E-state index in [1.807, 2.05) is 48.6 Å². The van der Waals surface area contributed by atoms with Crippen molar-refractivity contribution in [3.8, 4) is 5.75 Å². The molecule has 150 valence electrons. The average Bonchev–Trinajstić information content (AvgIpc) is 3.14. The van der Waals surface area contributed by atoms with Crippen LogP contribution >= 0.6 is 0 Å². The van der Waals surface area contributed by atoms with Crippen LogP contribution in [0.1, 0.15) is 48.3 Å². The Morgan fingerprint density at radius 1 is 1.07 bits per heavy atom. The van der Waals surface area contributed by atoms with Gasteiger partial charge in [0, 0.05) is 51.2 Å². The average molecular weight is 383 g/mol. The molecule has 1 amide bonds. The van der Waals surface area contributed by atoms with Crippen molar-refractivity contribution in [2.24, 2.45) is 7.05 Å². The maximum atomic E-state index is 12.6. The van der Waals surface area contributed by atoms with Gasteiger partial charge in [-0.3, -0.25) is 9.69 Å². The first-order valence-electron chi connectivity index (χ1n) is 10.4. The maximum absolute atomic E-state index is 12.6. The monoisotopic (exact) mass is 382 g/mol. The van der Waals surface area contributed by atoms with Gasteiger partial charge in [0.05, 0.1) is 6.54 Å². The number of benzene rings is 1. The number of hydrogen-bond donors (Lipinski definition) is 0. The Kier molecular flexibility index (Phi) is 5.95. The zero-order chi connectivity index (χ0) is 19.3. The maximum Gasteiger partial charge on any atom is 0.253 e. The molecular formula is C22H30N4O2. The summed E-state index contributed by atoms with van der Waals surface area (Å²) in [5, 5.41) is 0. The van der Waals surface area contributed by atoms with Gasteiger partial charge in [0.15, 0.2) is 0 Å². The highest BCUT2D eigenvalue weighted by Gasteiger charge is 2.22. The van der Waals surface area contributed by atoms with Crippen LogP contribution in [-0.2, 0) is 13.6 Å². The van der Waals surface area contributed by atoms with Crippen molar-refractivity contribution >= 4 is 5.91 Å². The van der Waals surface area contributed by atoms with Gasteiger partial charge in [-0.25, -0.2) is 4.98 Å². The second kappa shape index (κ2) is 8.78. The van der Waals surface area contributed by atoms with E-state index < -0.39 is 0 Å². The zero-order valence-corrected chi connectivity index (χ0v) is 16.7. The fraction of sp³-hybridized carbons (Fsp3) is 0.545. The third-order valence-corrected chi connectivity index (χ3v) is 5.87. The Morgan fingerprint density at radius 2 is 1.79 bits per heavy atom. The fourth-order valence-corrected chi connectivity index (χ4v) is 4.08. The molecule has 0 bridgehead atoms. The second-order valence-electron chi connectivity index (χ2n) is 7.92. The Bertz CT molecular complexity index is 772. The number of aryl methyl sites for hydroxylation is 1. The number of aromatic nitrogens is 2.